The fraction of sp³-hybridized carbons (Fsp3) is 0.906. The van der Waals surface area contributed by atoms with E-state index < -0.39 is 36.9 Å². The summed E-state index contributed by atoms with van der Waals surface area (Å²) in [5, 5.41) is 42.9. The molecule has 6 heteroatoms. The Morgan fingerprint density at radius 3 is 1.42 bits per heavy atom. The Balaban J connectivity index is 3.95. The molecule has 0 heterocycles. The van der Waals surface area contributed by atoms with Crippen LogP contribution in [0.2, 0.25) is 0 Å². The second-order valence-electron chi connectivity index (χ2n) is 11.2. The molecular formula is C32H63NO5. The molecule has 6 nitrogen and oxygen atoms in total. The van der Waals surface area contributed by atoms with Crippen LogP contribution in [0, 0.1) is 0 Å². The number of aliphatic hydroxyl groups excluding tert-OH is 4. The maximum atomic E-state index is 12.3. The first-order chi connectivity index (χ1) is 18.5. The smallest absolute Gasteiger partial charge is 0.249 e. The minimum atomic E-state index is -1.14. The summed E-state index contributed by atoms with van der Waals surface area (Å²) in [4.78, 5) is 12.3. The molecule has 0 rings (SSSR count). The Bertz CT molecular complexity index is 542. The van der Waals surface area contributed by atoms with Crippen LogP contribution in [0.4, 0.5) is 0 Å². The average Bonchev–Trinajstić information content (AvgIpc) is 2.92. The van der Waals surface area contributed by atoms with Crippen molar-refractivity contribution >= 4 is 5.91 Å². The molecule has 0 bridgehead atoms. The number of hydrogen-bond donors (Lipinski definition) is 5. The van der Waals surface area contributed by atoms with Gasteiger partial charge in [0.15, 0.2) is 0 Å². The van der Waals surface area contributed by atoms with Crippen LogP contribution in [-0.2, 0) is 4.79 Å². The number of amides is 1. The number of aliphatic hydroxyl groups is 4. The molecule has 0 saturated heterocycles. The molecular weight excluding hydrogens is 478 g/mol. The molecule has 226 valence electrons. The fourth-order valence-corrected chi connectivity index (χ4v) is 4.79. The zero-order valence-corrected chi connectivity index (χ0v) is 24.9. The van der Waals surface area contributed by atoms with Gasteiger partial charge < -0.3 is 25.7 Å². The molecule has 1 amide bonds. The van der Waals surface area contributed by atoms with Gasteiger partial charge in [-0.3, -0.25) is 4.79 Å². The summed E-state index contributed by atoms with van der Waals surface area (Å²) in [6.07, 6.45) is 25.3. The van der Waals surface area contributed by atoms with Gasteiger partial charge in [-0.15, -0.1) is 0 Å². The molecule has 0 aromatic rings. The van der Waals surface area contributed by atoms with Gasteiger partial charge in [-0.2, -0.15) is 0 Å². The van der Waals surface area contributed by atoms with Gasteiger partial charge in [0, 0.05) is 0 Å². The Morgan fingerprint density at radius 1 is 0.605 bits per heavy atom. The summed E-state index contributed by atoms with van der Waals surface area (Å²) in [7, 11) is 0. The highest BCUT2D eigenvalue weighted by Gasteiger charge is 2.22. The topological polar surface area (TPSA) is 110 Å². The second kappa shape index (κ2) is 27.6. The summed E-state index contributed by atoms with van der Waals surface area (Å²) in [6.45, 7) is 4.01. The third kappa shape index (κ3) is 23.0. The lowest BCUT2D eigenvalue weighted by molar-refractivity contribution is -0.131. The molecule has 38 heavy (non-hydrogen) atoms. The predicted molar refractivity (Wildman–Crippen MR) is 159 cm³/mol. The van der Waals surface area contributed by atoms with Crippen LogP contribution >= 0.6 is 0 Å². The van der Waals surface area contributed by atoms with Gasteiger partial charge in [0.05, 0.1) is 24.9 Å². The van der Waals surface area contributed by atoms with Crippen molar-refractivity contribution in [3.8, 4) is 0 Å². The monoisotopic (exact) mass is 541 g/mol. The molecule has 5 N–H and O–H groups in total. The van der Waals surface area contributed by atoms with Crippen molar-refractivity contribution in [3.05, 3.63) is 12.2 Å². The van der Waals surface area contributed by atoms with E-state index in [1.54, 1.807) is 0 Å². The van der Waals surface area contributed by atoms with E-state index in [1.807, 2.05) is 0 Å². The minimum absolute atomic E-state index is 0.379. The molecule has 0 aliphatic rings. The van der Waals surface area contributed by atoms with E-state index in [9.17, 15) is 25.2 Å². The second-order valence-corrected chi connectivity index (χ2v) is 11.2. The zero-order chi connectivity index (χ0) is 28.3. The highest BCUT2D eigenvalue weighted by atomic mass is 16.3. The molecule has 0 fully saturated rings. The largest absolute Gasteiger partial charge is 0.394 e. The lowest BCUT2D eigenvalue weighted by atomic mass is 10.0. The van der Waals surface area contributed by atoms with Crippen LogP contribution in [-0.4, -0.2) is 57.3 Å². The summed E-state index contributed by atoms with van der Waals surface area (Å²) in [5.74, 6) is -0.571. The third-order valence-electron chi connectivity index (χ3n) is 7.45. The third-order valence-corrected chi connectivity index (χ3v) is 7.45. The fourth-order valence-electron chi connectivity index (χ4n) is 4.79. The lowest BCUT2D eigenvalue weighted by Gasteiger charge is -2.22. The van der Waals surface area contributed by atoms with Crippen LogP contribution in [0.25, 0.3) is 0 Å². The van der Waals surface area contributed by atoms with E-state index in [0.717, 1.165) is 32.1 Å². The molecule has 0 radical (unpaired) electrons. The van der Waals surface area contributed by atoms with Crippen molar-refractivity contribution in [1.82, 2.24) is 5.32 Å². The molecule has 0 aliphatic carbocycles. The molecule has 0 aromatic heterocycles. The zero-order valence-electron chi connectivity index (χ0n) is 24.9. The summed E-state index contributed by atoms with van der Waals surface area (Å²) >= 11 is 0. The minimum Gasteiger partial charge on any atom is -0.394 e. The van der Waals surface area contributed by atoms with Gasteiger partial charge in [-0.1, -0.05) is 154 Å². The Hall–Kier alpha value is -0.950. The number of unbranched alkanes of at least 4 members (excludes halogenated alkanes) is 18. The van der Waals surface area contributed by atoms with Crippen molar-refractivity contribution in [2.45, 2.75) is 179 Å². The maximum absolute atomic E-state index is 12.3. The van der Waals surface area contributed by atoms with E-state index in [2.05, 4.69) is 19.2 Å². The van der Waals surface area contributed by atoms with E-state index >= 15 is 0 Å². The maximum Gasteiger partial charge on any atom is 0.249 e. The molecule has 1 unspecified atom stereocenters. The SMILES string of the molecule is CCCCCCCCCCCCC(O)C(=O)N[C@@H](CO)[C@H](O)/C=C/[C@H](O)CCCCCCCCCCCC. The summed E-state index contributed by atoms with van der Waals surface area (Å²) < 4.78 is 0. The lowest BCUT2D eigenvalue weighted by Crippen LogP contribution is -2.48. The van der Waals surface area contributed by atoms with Crippen LogP contribution in [0.1, 0.15) is 155 Å². The Morgan fingerprint density at radius 2 is 1.00 bits per heavy atom. The number of carbonyl (C=O) groups is 1. The molecule has 0 aliphatic heterocycles. The Labute approximate surface area is 234 Å². The summed E-state index contributed by atoms with van der Waals surface area (Å²) in [5.41, 5.74) is 0. The number of nitrogens with one attached hydrogen (secondary N) is 1. The van der Waals surface area contributed by atoms with Crippen LogP contribution in [0.5, 0.6) is 0 Å². The van der Waals surface area contributed by atoms with E-state index in [4.69, 9.17) is 0 Å². The van der Waals surface area contributed by atoms with Crippen LogP contribution < -0.4 is 5.32 Å². The number of carbonyl (C=O) groups excluding carboxylic acids is 1. The highest BCUT2D eigenvalue weighted by molar-refractivity contribution is 5.80. The highest BCUT2D eigenvalue weighted by Crippen LogP contribution is 2.14. The van der Waals surface area contributed by atoms with Crippen molar-refractivity contribution in [2.75, 3.05) is 6.61 Å². The van der Waals surface area contributed by atoms with Gasteiger partial charge in [-0.25, -0.2) is 0 Å². The van der Waals surface area contributed by atoms with Crippen molar-refractivity contribution < 1.29 is 25.2 Å². The Kier molecular flexibility index (Phi) is 26.9. The van der Waals surface area contributed by atoms with Gasteiger partial charge in [0.25, 0.3) is 0 Å². The van der Waals surface area contributed by atoms with E-state index in [-0.39, 0.29) is 0 Å². The molecule has 0 aromatic carbocycles. The average molecular weight is 542 g/mol. The van der Waals surface area contributed by atoms with Gasteiger partial charge in [0.1, 0.15) is 6.10 Å². The van der Waals surface area contributed by atoms with Crippen LogP contribution in [0.15, 0.2) is 12.2 Å². The van der Waals surface area contributed by atoms with Crippen molar-refractivity contribution in [3.63, 3.8) is 0 Å². The van der Waals surface area contributed by atoms with Crippen molar-refractivity contribution in [2.24, 2.45) is 0 Å². The quantitative estimate of drug-likeness (QED) is 0.0557. The number of hydrogen-bond acceptors (Lipinski definition) is 5. The summed E-state index contributed by atoms with van der Waals surface area (Å²) in [6, 6.07) is -0.911. The van der Waals surface area contributed by atoms with Crippen LogP contribution in [0.3, 0.4) is 0 Å². The van der Waals surface area contributed by atoms with Gasteiger partial charge >= 0.3 is 0 Å². The van der Waals surface area contributed by atoms with Gasteiger partial charge in [-0.05, 0) is 12.8 Å². The standard InChI is InChI=1S/C32H63NO5/c1-3-5-7-9-11-13-15-17-19-21-23-28(35)25-26-30(36)29(27-34)33-32(38)31(37)24-22-20-18-16-14-12-10-8-6-4-2/h25-26,28-31,34-37H,3-24,27H2,1-2H3,(H,33,38)/b26-25+/t28-,29+,30-,31?/m1/s1. The van der Waals surface area contributed by atoms with Crippen molar-refractivity contribution in [1.29, 1.82) is 0 Å². The first-order valence-corrected chi connectivity index (χ1v) is 16.1. The molecule has 0 spiro atoms. The number of rotatable bonds is 28. The first kappa shape index (κ1) is 37.0. The van der Waals surface area contributed by atoms with E-state index in [1.165, 1.54) is 108 Å². The van der Waals surface area contributed by atoms with E-state index in [0.29, 0.717) is 12.8 Å². The molecule has 0 saturated carbocycles. The first-order valence-electron chi connectivity index (χ1n) is 16.1. The normalized spacial score (nSPS) is 15.0. The molecule has 4 atom stereocenters. The van der Waals surface area contributed by atoms with Gasteiger partial charge in [0.2, 0.25) is 5.91 Å². The predicted octanol–water partition coefficient (Wildman–Crippen LogP) is 6.72.